The van der Waals surface area contributed by atoms with Crippen LogP contribution in [0.25, 0.3) is 0 Å². The fourth-order valence-electron chi connectivity index (χ4n) is 1.18. The number of aryl methyl sites for hydroxylation is 1. The Morgan fingerprint density at radius 1 is 1.64 bits per heavy atom. The lowest BCUT2D eigenvalue weighted by Gasteiger charge is -1.96. The molecule has 2 rings (SSSR count). The molecule has 0 saturated heterocycles. The summed E-state index contributed by atoms with van der Waals surface area (Å²) in [5.41, 5.74) is -1.55. The van der Waals surface area contributed by atoms with Crippen molar-refractivity contribution in [3.05, 3.63) is 16.1 Å². The van der Waals surface area contributed by atoms with Gasteiger partial charge in [-0.1, -0.05) is 4.68 Å². The molecular weight excluding hydrogens is 158 g/mol. The fourth-order valence-corrected chi connectivity index (χ4v) is 1.18. The van der Waals surface area contributed by atoms with E-state index in [4.69, 9.17) is 0 Å². The van der Waals surface area contributed by atoms with Crippen molar-refractivity contribution >= 4 is 0 Å². The van der Waals surface area contributed by atoms with Crippen LogP contribution in [-0.2, 0) is 12.5 Å². The van der Waals surface area contributed by atoms with E-state index in [1.165, 1.54) is 0 Å². The molecule has 0 radical (unpaired) electrons. The van der Waals surface area contributed by atoms with Gasteiger partial charge in [-0.05, 0) is 5.27 Å². The number of nitrogens with zero attached hydrogens (tertiary/aromatic N) is 1. The zero-order valence-corrected chi connectivity index (χ0v) is 5.43. The molecule has 1 aromatic heterocycles. The molecule has 0 unspecified atom stereocenters. The average Bonchev–Trinajstić information content (AvgIpc) is 2.38. The van der Waals surface area contributed by atoms with E-state index in [-0.39, 0.29) is 13.0 Å². The van der Waals surface area contributed by atoms with Crippen LogP contribution < -0.4 is 10.3 Å². The molecule has 1 N–H and O–H groups in total. The highest BCUT2D eigenvalue weighted by Gasteiger charge is 2.52. The summed E-state index contributed by atoms with van der Waals surface area (Å²) in [6.45, 7) is 0.105. The van der Waals surface area contributed by atoms with Gasteiger partial charge in [0, 0.05) is 0 Å². The zero-order chi connectivity index (χ0) is 8.06. The Kier molecular flexibility index (Phi) is 1.000. The van der Waals surface area contributed by atoms with Crippen LogP contribution in [0.3, 0.4) is 0 Å². The molecular formula is C5H5F2N2O2+. The van der Waals surface area contributed by atoms with Crippen molar-refractivity contribution in [2.24, 2.45) is 0 Å². The second-order valence-corrected chi connectivity index (χ2v) is 2.44. The molecule has 1 aliphatic rings. The van der Waals surface area contributed by atoms with Crippen LogP contribution in [-0.4, -0.2) is 5.27 Å². The van der Waals surface area contributed by atoms with Crippen LogP contribution >= 0.6 is 0 Å². The number of hydrogen-bond donors (Lipinski definition) is 1. The highest BCUT2D eigenvalue weighted by atomic mass is 19.3. The predicted octanol–water partition coefficient (Wildman–Crippen LogP) is -0.249. The van der Waals surface area contributed by atoms with Crippen molar-refractivity contribution in [2.45, 2.75) is 18.9 Å². The Labute approximate surface area is 59.4 Å². The van der Waals surface area contributed by atoms with E-state index in [0.717, 1.165) is 4.68 Å². The number of hydrogen-bond acceptors (Lipinski definition) is 2. The average molecular weight is 163 g/mol. The molecule has 0 bridgehead atoms. The summed E-state index contributed by atoms with van der Waals surface area (Å²) >= 11 is 0. The van der Waals surface area contributed by atoms with E-state index in [9.17, 15) is 13.6 Å². The van der Waals surface area contributed by atoms with Gasteiger partial charge in [0.1, 0.15) is 0 Å². The van der Waals surface area contributed by atoms with E-state index >= 15 is 0 Å². The standard InChI is InChI=1S/C5H4F2N2O2/c6-5(7)1-2-9-3(5)4(10)11-8-9/h1-2H2/p+1. The molecule has 2 heterocycles. The van der Waals surface area contributed by atoms with Gasteiger partial charge in [-0.2, -0.15) is 8.78 Å². The maximum atomic E-state index is 12.7. The number of aromatic amines is 1. The number of nitrogens with one attached hydrogen (secondary N) is 1. The Morgan fingerprint density at radius 2 is 2.36 bits per heavy atom. The Balaban J connectivity index is 2.69. The third-order valence-corrected chi connectivity index (χ3v) is 1.71. The smallest absolute Gasteiger partial charge is 0.283 e. The molecule has 0 atom stereocenters. The van der Waals surface area contributed by atoms with Crippen molar-refractivity contribution in [3.63, 3.8) is 0 Å². The van der Waals surface area contributed by atoms with Crippen LogP contribution in [0.1, 0.15) is 12.1 Å². The van der Waals surface area contributed by atoms with Crippen molar-refractivity contribution in [1.82, 2.24) is 5.27 Å². The van der Waals surface area contributed by atoms with E-state index < -0.39 is 17.2 Å². The second kappa shape index (κ2) is 1.69. The Bertz CT molecular complexity index is 340. The molecule has 0 aromatic carbocycles. The Morgan fingerprint density at radius 3 is 3.00 bits per heavy atom. The van der Waals surface area contributed by atoms with Gasteiger partial charge >= 0.3 is 17.2 Å². The molecule has 0 aliphatic carbocycles. The minimum absolute atomic E-state index is 0.105. The number of H-pyrrole nitrogens is 1. The van der Waals surface area contributed by atoms with Gasteiger partial charge in [0.2, 0.25) is 0 Å². The van der Waals surface area contributed by atoms with Crippen molar-refractivity contribution in [2.75, 3.05) is 0 Å². The minimum atomic E-state index is -3.03. The summed E-state index contributed by atoms with van der Waals surface area (Å²) in [6, 6.07) is 0. The highest BCUT2D eigenvalue weighted by molar-refractivity contribution is 4.96. The normalized spacial score (nSPS) is 20.2. The third kappa shape index (κ3) is 0.718. The van der Waals surface area contributed by atoms with Crippen molar-refractivity contribution < 1.29 is 18.0 Å². The second-order valence-electron chi connectivity index (χ2n) is 2.44. The van der Waals surface area contributed by atoms with Crippen LogP contribution in [0.4, 0.5) is 8.78 Å². The molecule has 11 heavy (non-hydrogen) atoms. The van der Waals surface area contributed by atoms with Gasteiger partial charge in [0.05, 0.1) is 6.42 Å². The first-order chi connectivity index (χ1) is 5.11. The van der Waals surface area contributed by atoms with Gasteiger partial charge < -0.3 is 0 Å². The highest BCUT2D eigenvalue weighted by Crippen LogP contribution is 2.30. The lowest BCUT2D eigenvalue weighted by Crippen LogP contribution is -2.37. The monoisotopic (exact) mass is 163 g/mol. The summed E-state index contributed by atoms with van der Waals surface area (Å²) in [5, 5.41) is 2.09. The quantitative estimate of drug-likeness (QED) is 0.536. The van der Waals surface area contributed by atoms with E-state index in [2.05, 4.69) is 9.79 Å². The van der Waals surface area contributed by atoms with Crippen molar-refractivity contribution in [1.29, 1.82) is 0 Å². The molecule has 4 nitrogen and oxygen atoms in total. The summed E-state index contributed by atoms with van der Waals surface area (Å²) in [7, 11) is 0. The van der Waals surface area contributed by atoms with E-state index in [1.807, 2.05) is 0 Å². The molecule has 0 saturated carbocycles. The molecule has 0 amide bonds. The molecule has 0 fully saturated rings. The SMILES string of the molecule is O=c1o[nH][n+]2c1C(F)(F)CC2. The first-order valence-corrected chi connectivity index (χ1v) is 3.11. The molecule has 0 spiro atoms. The van der Waals surface area contributed by atoms with Crippen LogP contribution in [0.15, 0.2) is 9.32 Å². The largest absolute Gasteiger partial charge is 0.436 e. The zero-order valence-electron chi connectivity index (χ0n) is 5.43. The van der Waals surface area contributed by atoms with Gasteiger partial charge in [0.15, 0.2) is 6.54 Å². The van der Waals surface area contributed by atoms with E-state index in [0.29, 0.717) is 0 Å². The maximum Gasteiger partial charge on any atom is 0.436 e. The fraction of sp³-hybridized carbons (Fsp3) is 0.600. The number of alkyl halides is 2. The number of halogens is 2. The number of rotatable bonds is 0. The molecule has 60 valence electrons. The molecule has 6 heteroatoms. The molecule has 1 aliphatic heterocycles. The summed E-state index contributed by atoms with van der Waals surface area (Å²) in [6.07, 6.45) is -0.329. The number of fused-ring (bicyclic) bond motifs is 1. The lowest BCUT2D eigenvalue weighted by atomic mass is 10.2. The van der Waals surface area contributed by atoms with Crippen LogP contribution in [0, 0.1) is 0 Å². The van der Waals surface area contributed by atoms with E-state index in [1.54, 1.807) is 0 Å². The van der Waals surface area contributed by atoms with Crippen molar-refractivity contribution in [3.8, 4) is 0 Å². The first kappa shape index (κ1) is 6.51. The first-order valence-electron chi connectivity index (χ1n) is 3.11. The summed E-state index contributed by atoms with van der Waals surface area (Å²) < 4.78 is 30.7. The van der Waals surface area contributed by atoms with Crippen LogP contribution in [0.5, 0.6) is 0 Å². The van der Waals surface area contributed by atoms with Gasteiger partial charge in [-0.15, -0.1) is 0 Å². The van der Waals surface area contributed by atoms with Gasteiger partial charge in [-0.3, -0.25) is 4.52 Å². The summed E-state index contributed by atoms with van der Waals surface area (Å²) in [4.78, 5) is 10.6. The topological polar surface area (TPSA) is 49.9 Å². The summed E-state index contributed by atoms with van der Waals surface area (Å²) in [5.74, 6) is -3.03. The number of aromatic nitrogens is 2. The lowest BCUT2D eigenvalue weighted by molar-refractivity contribution is -0.758. The Hall–Kier alpha value is -1.20. The van der Waals surface area contributed by atoms with Gasteiger partial charge in [0.25, 0.3) is 0 Å². The third-order valence-electron chi connectivity index (χ3n) is 1.71. The van der Waals surface area contributed by atoms with Gasteiger partial charge in [-0.25, -0.2) is 4.79 Å². The molecule has 1 aromatic rings. The maximum absolute atomic E-state index is 12.7. The minimum Gasteiger partial charge on any atom is -0.283 e. The van der Waals surface area contributed by atoms with Crippen LogP contribution in [0.2, 0.25) is 0 Å². The predicted molar refractivity (Wildman–Crippen MR) is 28.0 cm³/mol.